The summed E-state index contributed by atoms with van der Waals surface area (Å²) >= 11 is 0. The average molecular weight is 351 g/mol. The molecule has 0 radical (unpaired) electrons. The molecule has 7 nitrogen and oxygen atoms in total. The molecule has 0 unspecified atom stereocenters. The third-order valence-corrected chi connectivity index (χ3v) is 4.82. The Labute approximate surface area is 151 Å². The third kappa shape index (κ3) is 2.96. The van der Waals surface area contributed by atoms with Gasteiger partial charge in [-0.25, -0.2) is 14.8 Å². The van der Waals surface area contributed by atoms with Crippen molar-refractivity contribution in [3.8, 4) is 5.75 Å². The fourth-order valence-electron chi connectivity index (χ4n) is 3.47. The number of hydrogen-bond acceptors (Lipinski definition) is 4. The molecule has 1 atom stereocenters. The van der Waals surface area contributed by atoms with Crippen LogP contribution in [0.3, 0.4) is 0 Å². The second-order valence-electron chi connectivity index (χ2n) is 6.47. The molecule has 7 heteroatoms. The number of urea groups is 1. The molecule has 2 aromatic heterocycles. The Bertz CT molecular complexity index is 952. The van der Waals surface area contributed by atoms with E-state index in [9.17, 15) is 4.79 Å². The number of imidazole rings is 1. The topological polar surface area (TPSA) is 72.3 Å². The maximum atomic E-state index is 12.6. The van der Waals surface area contributed by atoms with E-state index in [0.29, 0.717) is 18.8 Å². The number of hydrogen-bond donors (Lipinski definition) is 1. The monoisotopic (exact) mass is 351 g/mol. The number of aryl methyl sites for hydroxylation is 1. The minimum atomic E-state index is -0.0994. The Hall–Kier alpha value is -3.09. The molecule has 4 rings (SSSR count). The van der Waals surface area contributed by atoms with E-state index in [-0.39, 0.29) is 11.9 Å². The number of likely N-dealkylation sites (tertiary alicyclic amines) is 1. The lowest BCUT2D eigenvalue weighted by Gasteiger charge is -2.17. The van der Waals surface area contributed by atoms with Crippen LogP contribution < -0.4 is 10.1 Å². The van der Waals surface area contributed by atoms with Crippen LogP contribution >= 0.6 is 0 Å². The summed E-state index contributed by atoms with van der Waals surface area (Å²) in [4.78, 5) is 23.5. The van der Waals surface area contributed by atoms with Crippen LogP contribution in [-0.4, -0.2) is 45.7 Å². The van der Waals surface area contributed by atoms with Crippen LogP contribution in [-0.2, 0) is 7.05 Å². The summed E-state index contributed by atoms with van der Waals surface area (Å²) in [5.74, 6) is 1.91. The second-order valence-corrected chi connectivity index (χ2v) is 6.47. The molecule has 0 bridgehead atoms. The van der Waals surface area contributed by atoms with Gasteiger partial charge in [-0.1, -0.05) is 6.07 Å². The largest absolute Gasteiger partial charge is 0.497 e. The number of nitrogens with one attached hydrogen (secondary N) is 1. The second kappa shape index (κ2) is 6.67. The van der Waals surface area contributed by atoms with Gasteiger partial charge >= 0.3 is 6.03 Å². The van der Waals surface area contributed by atoms with Gasteiger partial charge in [0.25, 0.3) is 0 Å². The highest BCUT2D eigenvalue weighted by molar-refractivity contribution is 5.89. The number of methoxy groups -OCH3 is 1. The van der Waals surface area contributed by atoms with Crippen LogP contribution in [0.15, 0.2) is 42.6 Å². The van der Waals surface area contributed by atoms with Crippen molar-refractivity contribution < 1.29 is 9.53 Å². The van der Waals surface area contributed by atoms with Crippen molar-refractivity contribution in [3.63, 3.8) is 0 Å². The van der Waals surface area contributed by atoms with Gasteiger partial charge in [-0.3, -0.25) is 0 Å². The lowest BCUT2D eigenvalue weighted by Crippen LogP contribution is -2.33. The van der Waals surface area contributed by atoms with Crippen molar-refractivity contribution in [2.24, 2.45) is 7.05 Å². The minimum absolute atomic E-state index is 0.0994. The number of amides is 2. The smallest absolute Gasteiger partial charge is 0.321 e. The van der Waals surface area contributed by atoms with E-state index in [2.05, 4.69) is 10.3 Å². The molecular formula is C19H21N5O2. The zero-order chi connectivity index (χ0) is 18.1. The van der Waals surface area contributed by atoms with E-state index in [0.717, 1.165) is 29.1 Å². The van der Waals surface area contributed by atoms with Crippen LogP contribution in [0.25, 0.3) is 11.2 Å². The molecule has 26 heavy (non-hydrogen) atoms. The van der Waals surface area contributed by atoms with E-state index in [1.807, 2.05) is 52.9 Å². The van der Waals surface area contributed by atoms with Gasteiger partial charge in [-0.15, -0.1) is 0 Å². The number of anilines is 1. The zero-order valence-electron chi connectivity index (χ0n) is 14.8. The molecule has 2 amide bonds. The third-order valence-electron chi connectivity index (χ3n) is 4.82. The number of benzene rings is 1. The Balaban J connectivity index is 1.47. The van der Waals surface area contributed by atoms with Crippen LogP contribution in [0.2, 0.25) is 0 Å². The molecule has 134 valence electrons. The van der Waals surface area contributed by atoms with Crippen molar-refractivity contribution in [3.05, 3.63) is 48.4 Å². The van der Waals surface area contributed by atoms with E-state index in [1.165, 1.54) is 0 Å². The van der Waals surface area contributed by atoms with Gasteiger partial charge in [0, 0.05) is 44.0 Å². The highest BCUT2D eigenvalue weighted by Gasteiger charge is 2.30. The number of ether oxygens (including phenoxy) is 1. The van der Waals surface area contributed by atoms with Gasteiger partial charge < -0.3 is 19.5 Å². The van der Waals surface area contributed by atoms with E-state index in [4.69, 9.17) is 9.72 Å². The lowest BCUT2D eigenvalue weighted by molar-refractivity contribution is 0.222. The quantitative estimate of drug-likeness (QED) is 0.787. The van der Waals surface area contributed by atoms with Crippen molar-refractivity contribution >= 4 is 22.9 Å². The Morgan fingerprint density at radius 3 is 3.00 bits per heavy atom. The fraction of sp³-hybridized carbons (Fsp3) is 0.316. The van der Waals surface area contributed by atoms with E-state index >= 15 is 0 Å². The molecule has 0 spiro atoms. The molecule has 1 aliphatic rings. The van der Waals surface area contributed by atoms with E-state index < -0.39 is 0 Å². The van der Waals surface area contributed by atoms with Crippen LogP contribution in [0, 0.1) is 0 Å². The molecule has 1 aliphatic heterocycles. The molecule has 3 aromatic rings. The number of rotatable bonds is 3. The summed E-state index contributed by atoms with van der Waals surface area (Å²) in [6.07, 6.45) is 2.67. The molecule has 1 N–H and O–H groups in total. The summed E-state index contributed by atoms with van der Waals surface area (Å²) in [5.41, 5.74) is 2.50. The van der Waals surface area contributed by atoms with Gasteiger partial charge in [0.1, 0.15) is 17.1 Å². The van der Waals surface area contributed by atoms with Crippen molar-refractivity contribution in [2.75, 3.05) is 25.5 Å². The van der Waals surface area contributed by atoms with Crippen molar-refractivity contribution in [1.82, 2.24) is 19.4 Å². The first-order valence-corrected chi connectivity index (χ1v) is 8.63. The molecule has 0 aliphatic carbocycles. The molecule has 3 heterocycles. The highest BCUT2D eigenvalue weighted by Crippen LogP contribution is 2.29. The predicted octanol–water partition coefficient (Wildman–Crippen LogP) is 3.00. The maximum absolute atomic E-state index is 12.6. The van der Waals surface area contributed by atoms with Crippen LogP contribution in [0.5, 0.6) is 5.75 Å². The summed E-state index contributed by atoms with van der Waals surface area (Å²) in [7, 11) is 3.59. The number of pyridine rings is 1. The zero-order valence-corrected chi connectivity index (χ0v) is 14.8. The van der Waals surface area contributed by atoms with Crippen molar-refractivity contribution in [2.45, 2.75) is 12.3 Å². The molecule has 1 aromatic carbocycles. The minimum Gasteiger partial charge on any atom is -0.497 e. The lowest BCUT2D eigenvalue weighted by atomic mass is 10.1. The summed E-state index contributed by atoms with van der Waals surface area (Å²) in [6.45, 7) is 1.35. The standard InChI is InChI=1S/C19H21N5O2/c1-23-17(22-16-7-4-9-20-18(16)23)13-8-10-24(12-13)19(25)21-14-5-3-6-15(11-14)26-2/h3-7,9,11,13H,8,10,12H2,1-2H3,(H,21,25)/t13-/m1/s1. The summed E-state index contributed by atoms with van der Waals surface area (Å²) in [6, 6.07) is 11.1. The van der Waals surface area contributed by atoms with Crippen molar-refractivity contribution in [1.29, 1.82) is 0 Å². The number of carbonyl (C=O) groups excluding carboxylic acids is 1. The normalized spacial score (nSPS) is 16.8. The first-order valence-electron chi connectivity index (χ1n) is 8.63. The molecule has 1 fully saturated rings. The summed E-state index contributed by atoms with van der Waals surface area (Å²) in [5, 5.41) is 2.94. The van der Waals surface area contributed by atoms with Crippen LogP contribution in [0.1, 0.15) is 18.2 Å². The number of nitrogens with zero attached hydrogens (tertiary/aromatic N) is 4. The number of fused-ring (bicyclic) bond motifs is 1. The molecule has 1 saturated heterocycles. The Morgan fingerprint density at radius 2 is 2.19 bits per heavy atom. The first kappa shape index (κ1) is 16.4. The van der Waals surface area contributed by atoms with Gasteiger partial charge in [0.05, 0.1) is 7.11 Å². The first-order chi connectivity index (χ1) is 12.7. The van der Waals surface area contributed by atoms with Crippen LogP contribution in [0.4, 0.5) is 10.5 Å². The van der Waals surface area contributed by atoms with Gasteiger partial charge in [0.2, 0.25) is 0 Å². The fourth-order valence-corrected chi connectivity index (χ4v) is 3.47. The van der Waals surface area contributed by atoms with Gasteiger partial charge in [0.15, 0.2) is 5.65 Å². The Kier molecular flexibility index (Phi) is 4.20. The van der Waals surface area contributed by atoms with E-state index in [1.54, 1.807) is 13.3 Å². The SMILES string of the molecule is COc1cccc(NC(=O)N2CC[C@@H](c3nc4cccnc4n3C)C2)c1. The molecule has 0 saturated carbocycles. The van der Waals surface area contributed by atoms with Gasteiger partial charge in [-0.2, -0.15) is 0 Å². The average Bonchev–Trinajstić information content (AvgIpc) is 3.27. The molecular weight excluding hydrogens is 330 g/mol. The predicted molar refractivity (Wildman–Crippen MR) is 99.5 cm³/mol. The Morgan fingerprint density at radius 1 is 1.31 bits per heavy atom. The van der Waals surface area contributed by atoms with Gasteiger partial charge in [-0.05, 0) is 30.7 Å². The highest BCUT2D eigenvalue weighted by atomic mass is 16.5. The number of carbonyl (C=O) groups is 1. The summed E-state index contributed by atoms with van der Waals surface area (Å²) < 4.78 is 7.23. The maximum Gasteiger partial charge on any atom is 0.321 e. The number of aromatic nitrogens is 3.